The Morgan fingerprint density at radius 3 is 2.00 bits per heavy atom. The summed E-state index contributed by atoms with van der Waals surface area (Å²) in [4.78, 5) is 0. The van der Waals surface area contributed by atoms with Gasteiger partial charge in [-0.25, -0.2) is 0 Å². The molecule has 0 atom stereocenters. The summed E-state index contributed by atoms with van der Waals surface area (Å²) < 4.78 is 0. The lowest BCUT2D eigenvalue weighted by Gasteiger charge is -2.17. The zero-order valence-electron chi connectivity index (χ0n) is 7.32. The Balaban J connectivity index is 2.15. The lowest BCUT2D eigenvalue weighted by atomic mass is 9.89. The van der Waals surface area contributed by atoms with Gasteiger partial charge in [0.05, 0.1) is 0 Å². The highest BCUT2D eigenvalue weighted by molar-refractivity contribution is 6.17. The van der Waals surface area contributed by atoms with Gasteiger partial charge in [-0.05, 0) is 12.3 Å². The molecule has 0 bridgehead atoms. The van der Waals surface area contributed by atoms with Crippen LogP contribution in [0.1, 0.15) is 51.4 Å². The van der Waals surface area contributed by atoms with Crippen molar-refractivity contribution in [3.05, 3.63) is 0 Å². The second kappa shape index (κ2) is 5.88. The highest BCUT2D eigenvalue weighted by Gasteiger charge is 2.09. The predicted molar refractivity (Wildman–Crippen MR) is 51.1 cm³/mol. The van der Waals surface area contributed by atoms with Crippen molar-refractivity contribution in [3.8, 4) is 0 Å². The number of alkyl halides is 1. The fraction of sp³-hybridized carbons (Fsp3) is 1.00. The molecular weight excluding hydrogens is 156 g/mol. The van der Waals surface area contributed by atoms with E-state index in [2.05, 4.69) is 0 Å². The molecule has 66 valence electrons. The van der Waals surface area contributed by atoms with Gasteiger partial charge in [0.1, 0.15) is 0 Å². The minimum atomic E-state index is 0.866. The summed E-state index contributed by atoms with van der Waals surface area (Å²) in [7, 11) is 0. The molecule has 1 aliphatic rings. The van der Waals surface area contributed by atoms with Gasteiger partial charge in [-0.2, -0.15) is 0 Å². The standard InChI is InChI=1S/C10H19Cl/c11-9-8-10-6-4-2-1-3-5-7-10/h10H,1-9H2. The molecule has 0 aromatic heterocycles. The average molecular weight is 175 g/mol. The highest BCUT2D eigenvalue weighted by Crippen LogP contribution is 2.24. The summed E-state index contributed by atoms with van der Waals surface area (Å²) in [6, 6.07) is 0. The summed E-state index contributed by atoms with van der Waals surface area (Å²) in [6.07, 6.45) is 11.4. The summed E-state index contributed by atoms with van der Waals surface area (Å²) in [5.41, 5.74) is 0. The fourth-order valence-electron chi connectivity index (χ4n) is 1.98. The van der Waals surface area contributed by atoms with Crippen molar-refractivity contribution in [2.45, 2.75) is 51.4 Å². The van der Waals surface area contributed by atoms with Crippen LogP contribution in [0.25, 0.3) is 0 Å². The SMILES string of the molecule is ClCCC1CCCCCCC1. The van der Waals surface area contributed by atoms with Crippen molar-refractivity contribution in [2.75, 3.05) is 5.88 Å². The second-order valence-corrected chi connectivity index (χ2v) is 4.07. The minimum Gasteiger partial charge on any atom is -0.127 e. The summed E-state index contributed by atoms with van der Waals surface area (Å²) in [5, 5.41) is 0. The van der Waals surface area contributed by atoms with E-state index in [4.69, 9.17) is 11.6 Å². The van der Waals surface area contributed by atoms with E-state index in [1.54, 1.807) is 0 Å². The number of hydrogen-bond acceptors (Lipinski definition) is 0. The van der Waals surface area contributed by atoms with E-state index < -0.39 is 0 Å². The molecule has 1 heteroatoms. The van der Waals surface area contributed by atoms with Crippen LogP contribution in [0.3, 0.4) is 0 Å². The van der Waals surface area contributed by atoms with E-state index in [0.29, 0.717) is 0 Å². The number of hydrogen-bond donors (Lipinski definition) is 0. The van der Waals surface area contributed by atoms with Crippen molar-refractivity contribution >= 4 is 11.6 Å². The topological polar surface area (TPSA) is 0 Å². The zero-order chi connectivity index (χ0) is 7.94. The maximum Gasteiger partial charge on any atom is 0.0226 e. The molecule has 0 aromatic rings. The van der Waals surface area contributed by atoms with Gasteiger partial charge in [0, 0.05) is 5.88 Å². The quantitative estimate of drug-likeness (QED) is 0.556. The molecule has 1 fully saturated rings. The van der Waals surface area contributed by atoms with Crippen LogP contribution in [-0.4, -0.2) is 5.88 Å². The Morgan fingerprint density at radius 1 is 0.909 bits per heavy atom. The molecule has 0 spiro atoms. The first-order valence-electron chi connectivity index (χ1n) is 4.99. The third-order valence-electron chi connectivity index (χ3n) is 2.74. The van der Waals surface area contributed by atoms with Gasteiger partial charge in [0.15, 0.2) is 0 Å². The van der Waals surface area contributed by atoms with E-state index in [9.17, 15) is 0 Å². The van der Waals surface area contributed by atoms with Crippen LogP contribution in [0.2, 0.25) is 0 Å². The van der Waals surface area contributed by atoms with Crippen LogP contribution in [0.15, 0.2) is 0 Å². The summed E-state index contributed by atoms with van der Waals surface area (Å²) in [6.45, 7) is 0. The van der Waals surface area contributed by atoms with Gasteiger partial charge in [-0.15, -0.1) is 11.6 Å². The molecule has 0 radical (unpaired) electrons. The van der Waals surface area contributed by atoms with E-state index in [-0.39, 0.29) is 0 Å². The number of halogens is 1. The lowest BCUT2D eigenvalue weighted by molar-refractivity contribution is 0.371. The molecule has 0 nitrogen and oxygen atoms in total. The van der Waals surface area contributed by atoms with E-state index in [1.165, 1.54) is 51.4 Å². The van der Waals surface area contributed by atoms with E-state index in [0.717, 1.165) is 11.8 Å². The maximum atomic E-state index is 5.73. The van der Waals surface area contributed by atoms with Crippen LogP contribution in [0.4, 0.5) is 0 Å². The molecule has 0 amide bonds. The zero-order valence-corrected chi connectivity index (χ0v) is 8.08. The first-order valence-corrected chi connectivity index (χ1v) is 5.53. The van der Waals surface area contributed by atoms with Gasteiger partial charge in [0.25, 0.3) is 0 Å². The van der Waals surface area contributed by atoms with Crippen molar-refractivity contribution < 1.29 is 0 Å². The Hall–Kier alpha value is 0.290. The normalized spacial score (nSPS) is 22.6. The van der Waals surface area contributed by atoms with Crippen LogP contribution >= 0.6 is 11.6 Å². The molecule has 1 aliphatic carbocycles. The first kappa shape index (κ1) is 9.38. The molecule has 0 unspecified atom stereocenters. The van der Waals surface area contributed by atoms with Crippen LogP contribution in [0.5, 0.6) is 0 Å². The smallest absolute Gasteiger partial charge is 0.0226 e. The van der Waals surface area contributed by atoms with Crippen molar-refractivity contribution in [1.82, 2.24) is 0 Å². The maximum absolute atomic E-state index is 5.73. The number of rotatable bonds is 2. The third kappa shape index (κ3) is 4.00. The van der Waals surface area contributed by atoms with E-state index >= 15 is 0 Å². The molecule has 0 aromatic carbocycles. The summed E-state index contributed by atoms with van der Waals surface area (Å²) >= 11 is 5.73. The average Bonchev–Trinajstić information content (AvgIpc) is 1.94. The summed E-state index contributed by atoms with van der Waals surface area (Å²) in [5.74, 6) is 1.82. The molecule has 0 heterocycles. The molecule has 0 aliphatic heterocycles. The van der Waals surface area contributed by atoms with Crippen LogP contribution in [-0.2, 0) is 0 Å². The highest BCUT2D eigenvalue weighted by atomic mass is 35.5. The minimum absolute atomic E-state index is 0.866. The fourth-order valence-corrected chi connectivity index (χ4v) is 2.29. The third-order valence-corrected chi connectivity index (χ3v) is 2.96. The molecule has 0 saturated heterocycles. The molecule has 1 saturated carbocycles. The molecule has 1 rings (SSSR count). The van der Waals surface area contributed by atoms with Gasteiger partial charge in [-0.3, -0.25) is 0 Å². The van der Waals surface area contributed by atoms with Crippen molar-refractivity contribution in [3.63, 3.8) is 0 Å². The van der Waals surface area contributed by atoms with Gasteiger partial charge >= 0.3 is 0 Å². The van der Waals surface area contributed by atoms with Crippen molar-refractivity contribution in [2.24, 2.45) is 5.92 Å². The Kier molecular flexibility index (Phi) is 5.01. The Labute approximate surface area is 75.3 Å². The van der Waals surface area contributed by atoms with E-state index in [1.807, 2.05) is 0 Å². The molecule has 11 heavy (non-hydrogen) atoms. The van der Waals surface area contributed by atoms with Gasteiger partial charge in [-0.1, -0.05) is 44.9 Å². The second-order valence-electron chi connectivity index (χ2n) is 3.69. The Morgan fingerprint density at radius 2 is 1.45 bits per heavy atom. The predicted octanol–water partition coefficient (Wildman–Crippen LogP) is 3.98. The monoisotopic (exact) mass is 174 g/mol. The van der Waals surface area contributed by atoms with Gasteiger partial charge < -0.3 is 0 Å². The van der Waals surface area contributed by atoms with Crippen LogP contribution < -0.4 is 0 Å². The Bertz CT molecular complexity index is 82.9. The molecular formula is C10H19Cl. The largest absolute Gasteiger partial charge is 0.127 e. The lowest BCUT2D eigenvalue weighted by Crippen LogP contribution is -2.04. The van der Waals surface area contributed by atoms with Gasteiger partial charge in [0.2, 0.25) is 0 Å². The molecule has 0 N–H and O–H groups in total. The van der Waals surface area contributed by atoms with Crippen LogP contribution in [0, 0.1) is 5.92 Å². The van der Waals surface area contributed by atoms with Crippen molar-refractivity contribution in [1.29, 1.82) is 0 Å². The first-order chi connectivity index (χ1) is 5.43.